The van der Waals surface area contributed by atoms with Crippen molar-refractivity contribution in [1.29, 1.82) is 0 Å². The van der Waals surface area contributed by atoms with E-state index in [1.807, 2.05) is 24.3 Å². The number of halogens is 3. The van der Waals surface area contributed by atoms with Gasteiger partial charge < -0.3 is 25.4 Å². The topological polar surface area (TPSA) is 80.3 Å². The van der Waals surface area contributed by atoms with Crippen LogP contribution in [0.25, 0.3) is 0 Å². The fourth-order valence-corrected chi connectivity index (χ4v) is 3.99. The molecule has 0 aliphatic heterocycles. The molecule has 3 aromatic rings. The van der Waals surface area contributed by atoms with Crippen molar-refractivity contribution in [3.63, 3.8) is 0 Å². The second kappa shape index (κ2) is 10.7. The predicted octanol–water partition coefficient (Wildman–Crippen LogP) is 6.74. The molecule has 1 heterocycles. The van der Waals surface area contributed by atoms with Crippen LogP contribution in [0, 0.1) is 0 Å². The smallest absolute Gasteiger partial charge is 0.416 e. The Bertz CT molecular complexity index is 1130. The molecule has 0 atom stereocenters. The average molecular weight is 488 g/mol. The first kappa shape index (κ1) is 24.4. The summed E-state index contributed by atoms with van der Waals surface area (Å²) < 4.78 is 50.4. The number of alkyl halides is 3. The van der Waals surface area contributed by atoms with Crippen molar-refractivity contribution >= 4 is 29.0 Å². The van der Waals surface area contributed by atoms with Crippen LogP contribution in [0.3, 0.4) is 0 Å². The molecule has 2 aromatic carbocycles. The van der Waals surface area contributed by atoms with E-state index in [-0.39, 0.29) is 17.5 Å². The summed E-state index contributed by atoms with van der Waals surface area (Å²) in [5.74, 6) is 2.05. The summed E-state index contributed by atoms with van der Waals surface area (Å²) in [6.07, 6.45) is 1.01. The Morgan fingerprint density at radius 3 is 2.00 bits per heavy atom. The number of hydrogen-bond acceptors (Lipinski definition) is 7. The van der Waals surface area contributed by atoms with Crippen LogP contribution < -0.4 is 25.4 Å². The van der Waals surface area contributed by atoms with E-state index in [1.165, 1.54) is 19.6 Å². The number of aromatic nitrogens is 2. The van der Waals surface area contributed by atoms with E-state index in [2.05, 4.69) is 25.9 Å². The summed E-state index contributed by atoms with van der Waals surface area (Å²) >= 11 is 0. The van der Waals surface area contributed by atoms with Crippen LogP contribution in [-0.4, -0.2) is 30.2 Å². The summed E-state index contributed by atoms with van der Waals surface area (Å²) in [7, 11) is 2.92. The molecule has 1 aliphatic rings. The molecule has 10 heteroatoms. The lowest BCUT2D eigenvalue weighted by molar-refractivity contribution is -0.137. The molecule has 0 radical (unpaired) electrons. The zero-order valence-corrected chi connectivity index (χ0v) is 19.6. The number of rotatable bonds is 8. The van der Waals surface area contributed by atoms with Gasteiger partial charge >= 0.3 is 6.18 Å². The third-order valence-corrected chi connectivity index (χ3v) is 5.77. The molecule has 1 aromatic heterocycles. The number of hydrogen-bond donors (Lipinski definition) is 3. The Labute approximate surface area is 202 Å². The van der Waals surface area contributed by atoms with Crippen LogP contribution in [0.15, 0.2) is 48.5 Å². The van der Waals surface area contributed by atoms with Crippen molar-refractivity contribution in [1.82, 2.24) is 9.97 Å². The molecule has 1 saturated carbocycles. The van der Waals surface area contributed by atoms with Crippen LogP contribution in [0.4, 0.5) is 42.1 Å². The molecule has 7 nitrogen and oxygen atoms in total. The normalized spacial score (nSPS) is 14.3. The minimum absolute atomic E-state index is 0.0912. The largest absolute Gasteiger partial charge is 0.497 e. The van der Waals surface area contributed by atoms with Crippen LogP contribution in [0.2, 0.25) is 0 Å². The number of methoxy groups -OCH3 is 2. The second-order valence-corrected chi connectivity index (χ2v) is 8.37. The highest BCUT2D eigenvalue weighted by Gasteiger charge is 2.31. The van der Waals surface area contributed by atoms with Gasteiger partial charge in [-0.1, -0.05) is 19.3 Å². The van der Waals surface area contributed by atoms with E-state index >= 15 is 0 Å². The Morgan fingerprint density at radius 2 is 1.40 bits per heavy atom. The third-order valence-electron chi connectivity index (χ3n) is 5.77. The fourth-order valence-electron chi connectivity index (χ4n) is 3.99. The zero-order chi connectivity index (χ0) is 24.8. The summed E-state index contributed by atoms with van der Waals surface area (Å²) in [5.41, 5.74) is 0.166. The summed E-state index contributed by atoms with van der Waals surface area (Å²) in [5, 5.41) is 9.59. The SMILES string of the molecule is COc1ccc(Nc2cc(Nc3cc(OC)cc(C(F)(F)F)c3)nc(NC3CCCCC3)n2)cc1. The van der Waals surface area contributed by atoms with Crippen molar-refractivity contribution in [2.75, 3.05) is 30.2 Å². The lowest BCUT2D eigenvalue weighted by Gasteiger charge is -2.23. The van der Waals surface area contributed by atoms with Crippen molar-refractivity contribution in [3.8, 4) is 11.5 Å². The molecule has 35 heavy (non-hydrogen) atoms. The van der Waals surface area contributed by atoms with Crippen molar-refractivity contribution in [2.24, 2.45) is 0 Å². The van der Waals surface area contributed by atoms with Gasteiger partial charge in [-0.3, -0.25) is 0 Å². The van der Waals surface area contributed by atoms with Gasteiger partial charge in [0.05, 0.1) is 19.8 Å². The Hall–Kier alpha value is -3.69. The minimum Gasteiger partial charge on any atom is -0.497 e. The second-order valence-electron chi connectivity index (χ2n) is 8.37. The molecule has 3 N–H and O–H groups in total. The number of anilines is 5. The lowest BCUT2D eigenvalue weighted by Crippen LogP contribution is -2.23. The zero-order valence-electron chi connectivity index (χ0n) is 19.6. The quantitative estimate of drug-likeness (QED) is 0.324. The van der Waals surface area contributed by atoms with E-state index in [1.54, 1.807) is 13.2 Å². The predicted molar refractivity (Wildman–Crippen MR) is 130 cm³/mol. The molecule has 0 saturated heterocycles. The Balaban J connectivity index is 1.64. The number of benzene rings is 2. The van der Waals surface area contributed by atoms with Crippen LogP contribution >= 0.6 is 0 Å². The number of nitrogens with zero attached hydrogens (tertiary/aromatic N) is 2. The molecule has 0 amide bonds. The Kier molecular flexibility index (Phi) is 7.48. The fraction of sp³-hybridized carbons (Fsp3) is 0.360. The highest BCUT2D eigenvalue weighted by Crippen LogP contribution is 2.35. The van der Waals surface area contributed by atoms with Gasteiger partial charge in [0.15, 0.2) is 0 Å². The van der Waals surface area contributed by atoms with Crippen molar-refractivity contribution in [2.45, 2.75) is 44.3 Å². The standard InChI is InChI=1S/C25H28F3N5O2/c1-34-20-10-8-18(9-11-20)29-22-15-23(33-24(32-22)31-17-6-4-3-5-7-17)30-19-12-16(25(26,27)28)13-21(14-19)35-2/h8-15,17H,3-7H2,1-2H3,(H3,29,30,31,32,33). The summed E-state index contributed by atoms with van der Waals surface area (Å²) in [6.45, 7) is 0. The highest BCUT2D eigenvalue weighted by molar-refractivity contribution is 5.66. The maximum absolute atomic E-state index is 13.4. The maximum Gasteiger partial charge on any atom is 0.416 e. The van der Waals surface area contributed by atoms with Gasteiger partial charge in [0, 0.05) is 29.5 Å². The molecule has 1 aliphatic carbocycles. The average Bonchev–Trinajstić information content (AvgIpc) is 2.84. The van der Waals surface area contributed by atoms with Gasteiger partial charge in [0.2, 0.25) is 5.95 Å². The molecule has 0 unspecified atom stereocenters. The van der Waals surface area contributed by atoms with Crippen molar-refractivity contribution in [3.05, 3.63) is 54.1 Å². The molecule has 1 fully saturated rings. The molecular weight excluding hydrogens is 459 g/mol. The molecule has 0 bridgehead atoms. The summed E-state index contributed by atoms with van der Waals surface area (Å²) in [4.78, 5) is 9.11. The number of nitrogens with one attached hydrogen (secondary N) is 3. The van der Waals surface area contributed by atoms with E-state index in [9.17, 15) is 13.2 Å². The van der Waals surface area contributed by atoms with E-state index in [4.69, 9.17) is 9.47 Å². The van der Waals surface area contributed by atoms with Crippen LogP contribution in [0.5, 0.6) is 11.5 Å². The first-order chi connectivity index (χ1) is 16.8. The van der Waals surface area contributed by atoms with Gasteiger partial charge in [0.25, 0.3) is 0 Å². The monoisotopic (exact) mass is 487 g/mol. The number of ether oxygens (including phenoxy) is 2. The van der Waals surface area contributed by atoms with Gasteiger partial charge in [-0.05, 0) is 49.2 Å². The maximum atomic E-state index is 13.4. The van der Waals surface area contributed by atoms with E-state index < -0.39 is 11.7 Å². The van der Waals surface area contributed by atoms with Crippen molar-refractivity contribution < 1.29 is 22.6 Å². The van der Waals surface area contributed by atoms with Crippen LogP contribution in [0.1, 0.15) is 37.7 Å². The van der Waals surface area contributed by atoms with Gasteiger partial charge in [-0.25, -0.2) is 0 Å². The van der Waals surface area contributed by atoms with Crippen LogP contribution in [-0.2, 0) is 6.18 Å². The lowest BCUT2D eigenvalue weighted by atomic mass is 9.96. The Morgan fingerprint density at radius 1 is 0.771 bits per heavy atom. The van der Waals surface area contributed by atoms with Gasteiger partial charge in [0.1, 0.15) is 23.1 Å². The molecule has 4 rings (SSSR count). The third kappa shape index (κ3) is 6.68. The first-order valence-electron chi connectivity index (χ1n) is 11.4. The molecular formula is C25H28F3N5O2. The molecule has 0 spiro atoms. The molecule has 186 valence electrons. The van der Waals surface area contributed by atoms with E-state index in [0.29, 0.717) is 17.6 Å². The van der Waals surface area contributed by atoms with Gasteiger partial charge in [-0.2, -0.15) is 23.1 Å². The minimum atomic E-state index is -4.51. The highest BCUT2D eigenvalue weighted by atomic mass is 19.4. The first-order valence-corrected chi connectivity index (χ1v) is 11.4. The van der Waals surface area contributed by atoms with Gasteiger partial charge in [-0.15, -0.1) is 0 Å². The summed E-state index contributed by atoms with van der Waals surface area (Å²) in [6, 6.07) is 12.7. The van der Waals surface area contributed by atoms with E-state index in [0.717, 1.165) is 49.3 Å².